The molecule has 9 heteroatoms. The Morgan fingerprint density at radius 3 is 2.22 bits per heavy atom. The summed E-state index contributed by atoms with van der Waals surface area (Å²) in [5.74, 6) is 0.257. The molecule has 0 N–H and O–H groups in total. The summed E-state index contributed by atoms with van der Waals surface area (Å²) in [4.78, 5) is 44.3. The van der Waals surface area contributed by atoms with Crippen LogP contribution in [0.2, 0.25) is 0 Å². The van der Waals surface area contributed by atoms with Crippen LogP contribution in [0.1, 0.15) is 65.5 Å². The monoisotopic (exact) mass is 624 g/mol. The van der Waals surface area contributed by atoms with Gasteiger partial charge in [-0.3, -0.25) is 14.5 Å². The molecule has 0 saturated carbocycles. The highest BCUT2D eigenvalue weighted by molar-refractivity contribution is 5.95. The largest absolute Gasteiger partial charge is 0.378 e. The fourth-order valence-corrected chi connectivity index (χ4v) is 7.39. The molecule has 9 nitrogen and oxygen atoms in total. The van der Waals surface area contributed by atoms with E-state index in [0.717, 1.165) is 86.6 Å². The lowest BCUT2D eigenvalue weighted by molar-refractivity contribution is -0.133. The number of benzene rings is 2. The van der Waals surface area contributed by atoms with Crippen molar-refractivity contribution in [2.45, 2.75) is 71.0 Å². The molecule has 3 aliphatic rings. The zero-order valence-corrected chi connectivity index (χ0v) is 27.7. The van der Waals surface area contributed by atoms with Gasteiger partial charge < -0.3 is 19.4 Å². The standard InChI is InChI=1S/C37H48N6O3/c1-28-34(29(2)39-27-38-28)25-35(44)40-18-14-37(3,15-19-40)42-16-12-32(13-17-42)43(26-30-8-5-4-6-9-30)33-11-7-10-31(24-33)36(45)41-20-22-46-23-21-41/h4-11,24,27,32H,12-23,25-26H2,1-3H3. The molecule has 244 valence electrons. The van der Waals surface area contributed by atoms with E-state index in [9.17, 15) is 9.59 Å². The third-order valence-electron chi connectivity index (χ3n) is 10.5. The third kappa shape index (κ3) is 7.26. The molecule has 0 unspecified atom stereocenters. The smallest absolute Gasteiger partial charge is 0.254 e. The number of amides is 2. The Labute approximate surface area is 273 Å². The van der Waals surface area contributed by atoms with Gasteiger partial charge in [0.2, 0.25) is 5.91 Å². The first kappa shape index (κ1) is 32.1. The number of morpholine rings is 1. The number of aryl methyl sites for hydroxylation is 2. The Kier molecular flexibility index (Phi) is 9.99. The molecular formula is C37H48N6O3. The minimum atomic E-state index is 0.0815. The molecule has 0 bridgehead atoms. The molecule has 6 rings (SSSR count). The summed E-state index contributed by atoms with van der Waals surface area (Å²) in [5, 5.41) is 0. The van der Waals surface area contributed by atoms with Crippen molar-refractivity contribution in [1.29, 1.82) is 0 Å². The van der Waals surface area contributed by atoms with Crippen molar-refractivity contribution in [3.63, 3.8) is 0 Å². The lowest BCUT2D eigenvalue weighted by Gasteiger charge is -2.50. The summed E-state index contributed by atoms with van der Waals surface area (Å²) in [5.41, 5.74) is 5.94. The molecule has 2 amide bonds. The maximum absolute atomic E-state index is 13.4. The van der Waals surface area contributed by atoms with Crippen molar-refractivity contribution in [2.75, 3.05) is 57.4 Å². The molecule has 1 aromatic heterocycles. The van der Waals surface area contributed by atoms with Crippen molar-refractivity contribution >= 4 is 17.5 Å². The molecule has 2 aromatic carbocycles. The van der Waals surface area contributed by atoms with Gasteiger partial charge in [0.25, 0.3) is 5.91 Å². The van der Waals surface area contributed by atoms with Crippen LogP contribution in [0.4, 0.5) is 5.69 Å². The maximum Gasteiger partial charge on any atom is 0.254 e. The summed E-state index contributed by atoms with van der Waals surface area (Å²) in [6.07, 6.45) is 6.01. The van der Waals surface area contributed by atoms with Crippen LogP contribution in [0.5, 0.6) is 0 Å². The molecule has 3 aliphatic heterocycles. The number of hydrogen-bond donors (Lipinski definition) is 0. The number of ether oxygens (including phenoxy) is 1. The van der Waals surface area contributed by atoms with E-state index in [1.807, 2.05) is 35.8 Å². The van der Waals surface area contributed by atoms with Crippen molar-refractivity contribution < 1.29 is 14.3 Å². The Morgan fingerprint density at radius 2 is 1.54 bits per heavy atom. The summed E-state index contributed by atoms with van der Waals surface area (Å²) >= 11 is 0. The number of anilines is 1. The SMILES string of the molecule is Cc1ncnc(C)c1CC(=O)N1CCC(C)(N2CCC(N(Cc3ccccc3)c3cccc(C(=O)N4CCOCC4)c3)CC2)CC1. The van der Waals surface area contributed by atoms with E-state index < -0.39 is 0 Å². The number of piperidine rings is 2. The zero-order chi connectivity index (χ0) is 32.1. The normalized spacial score (nSPS) is 19.2. The highest BCUT2D eigenvalue weighted by Gasteiger charge is 2.39. The summed E-state index contributed by atoms with van der Waals surface area (Å²) in [6, 6.07) is 19.2. The van der Waals surface area contributed by atoms with E-state index in [1.54, 1.807) is 6.33 Å². The second-order valence-corrected chi connectivity index (χ2v) is 13.4. The third-order valence-corrected chi connectivity index (χ3v) is 10.5. The lowest BCUT2D eigenvalue weighted by atomic mass is 9.85. The summed E-state index contributed by atoms with van der Waals surface area (Å²) in [7, 11) is 0. The van der Waals surface area contributed by atoms with Gasteiger partial charge in [0.05, 0.1) is 19.6 Å². The molecule has 0 atom stereocenters. The second kappa shape index (κ2) is 14.3. The second-order valence-electron chi connectivity index (χ2n) is 13.4. The van der Waals surface area contributed by atoms with Gasteiger partial charge in [-0.15, -0.1) is 0 Å². The van der Waals surface area contributed by atoms with Gasteiger partial charge in [0, 0.05) is 85.6 Å². The van der Waals surface area contributed by atoms with Crippen molar-refractivity contribution in [1.82, 2.24) is 24.7 Å². The predicted molar refractivity (Wildman–Crippen MR) is 180 cm³/mol. The van der Waals surface area contributed by atoms with Crippen molar-refractivity contribution in [3.8, 4) is 0 Å². The van der Waals surface area contributed by atoms with Crippen LogP contribution in [0.25, 0.3) is 0 Å². The zero-order valence-electron chi connectivity index (χ0n) is 27.7. The first-order valence-corrected chi connectivity index (χ1v) is 16.9. The Balaban J connectivity index is 1.10. The number of likely N-dealkylation sites (tertiary alicyclic amines) is 2. The van der Waals surface area contributed by atoms with Gasteiger partial charge in [-0.2, -0.15) is 0 Å². The first-order valence-electron chi connectivity index (χ1n) is 16.9. The fraction of sp³-hybridized carbons (Fsp3) is 0.514. The van der Waals surface area contributed by atoms with Crippen LogP contribution in [0.15, 0.2) is 60.9 Å². The quantitative estimate of drug-likeness (QED) is 0.361. The Bertz CT molecular complexity index is 1470. The van der Waals surface area contributed by atoms with Gasteiger partial charge in [0.15, 0.2) is 0 Å². The lowest BCUT2D eigenvalue weighted by Crippen LogP contribution is -2.58. The van der Waals surface area contributed by atoms with E-state index in [2.05, 4.69) is 69.2 Å². The van der Waals surface area contributed by atoms with Crippen LogP contribution < -0.4 is 4.90 Å². The molecule has 46 heavy (non-hydrogen) atoms. The molecular weight excluding hydrogens is 576 g/mol. The number of rotatable bonds is 8. The van der Waals surface area contributed by atoms with E-state index in [1.165, 1.54) is 5.56 Å². The van der Waals surface area contributed by atoms with Gasteiger partial charge in [-0.25, -0.2) is 9.97 Å². The van der Waals surface area contributed by atoms with E-state index in [-0.39, 0.29) is 17.4 Å². The highest BCUT2D eigenvalue weighted by Crippen LogP contribution is 2.34. The molecule has 3 saturated heterocycles. The van der Waals surface area contributed by atoms with E-state index in [4.69, 9.17) is 4.74 Å². The predicted octanol–water partition coefficient (Wildman–Crippen LogP) is 4.66. The Hall–Kier alpha value is -3.82. The number of hydrogen-bond acceptors (Lipinski definition) is 7. The van der Waals surface area contributed by atoms with Crippen LogP contribution in [-0.2, 0) is 22.5 Å². The number of carbonyl (C=O) groups is 2. The average molecular weight is 625 g/mol. The Morgan fingerprint density at radius 1 is 0.870 bits per heavy atom. The van der Waals surface area contributed by atoms with Gasteiger partial charge in [-0.05, 0) is 70.2 Å². The van der Waals surface area contributed by atoms with Gasteiger partial charge in [0.1, 0.15) is 6.33 Å². The van der Waals surface area contributed by atoms with Crippen LogP contribution in [0, 0.1) is 13.8 Å². The van der Waals surface area contributed by atoms with E-state index in [0.29, 0.717) is 38.8 Å². The molecule has 3 aromatic rings. The van der Waals surface area contributed by atoms with Gasteiger partial charge in [-0.1, -0.05) is 36.4 Å². The van der Waals surface area contributed by atoms with Crippen molar-refractivity contribution in [3.05, 3.63) is 89.0 Å². The molecule has 3 fully saturated rings. The minimum Gasteiger partial charge on any atom is -0.378 e. The topological polar surface area (TPSA) is 82.1 Å². The van der Waals surface area contributed by atoms with Crippen LogP contribution in [0.3, 0.4) is 0 Å². The number of nitrogens with zero attached hydrogens (tertiary/aromatic N) is 6. The summed E-state index contributed by atoms with van der Waals surface area (Å²) < 4.78 is 5.47. The molecule has 0 aliphatic carbocycles. The maximum atomic E-state index is 13.4. The summed E-state index contributed by atoms with van der Waals surface area (Å²) in [6.45, 7) is 13.2. The minimum absolute atomic E-state index is 0.0815. The molecule has 0 radical (unpaired) electrons. The van der Waals surface area contributed by atoms with E-state index >= 15 is 0 Å². The first-order chi connectivity index (χ1) is 22.3. The molecule has 0 spiro atoms. The van der Waals surface area contributed by atoms with Crippen LogP contribution >= 0.6 is 0 Å². The number of aromatic nitrogens is 2. The fourth-order valence-electron chi connectivity index (χ4n) is 7.39. The average Bonchev–Trinajstić information content (AvgIpc) is 3.10. The molecule has 4 heterocycles. The highest BCUT2D eigenvalue weighted by atomic mass is 16.5. The number of carbonyl (C=O) groups excluding carboxylic acids is 2. The van der Waals surface area contributed by atoms with Crippen LogP contribution in [-0.4, -0.2) is 101 Å². The van der Waals surface area contributed by atoms with Gasteiger partial charge >= 0.3 is 0 Å². The van der Waals surface area contributed by atoms with Crippen molar-refractivity contribution in [2.24, 2.45) is 0 Å².